The van der Waals surface area contributed by atoms with E-state index in [1.54, 1.807) is 6.92 Å². The van der Waals surface area contributed by atoms with E-state index in [0.717, 1.165) is 0 Å². The molecule has 98 valence electrons. The third-order valence-electron chi connectivity index (χ3n) is 3.24. The Hall–Kier alpha value is -1.49. The van der Waals surface area contributed by atoms with E-state index in [4.69, 9.17) is 5.73 Å². The van der Waals surface area contributed by atoms with E-state index in [-0.39, 0.29) is 29.3 Å². The minimum atomic E-state index is -0.581. The van der Waals surface area contributed by atoms with Gasteiger partial charge in [-0.25, -0.2) is 8.78 Å². The van der Waals surface area contributed by atoms with Crippen molar-refractivity contribution in [2.45, 2.75) is 25.3 Å². The van der Waals surface area contributed by atoms with Gasteiger partial charge in [-0.1, -0.05) is 6.07 Å². The van der Waals surface area contributed by atoms with E-state index in [1.165, 1.54) is 18.2 Å². The molecule has 0 bridgehead atoms. The molecule has 1 aromatic carbocycles. The van der Waals surface area contributed by atoms with Crippen LogP contribution in [0.3, 0.4) is 0 Å². The second kappa shape index (κ2) is 5.02. The molecule has 2 rings (SSSR count). The Morgan fingerprint density at radius 2 is 2.11 bits per heavy atom. The summed E-state index contributed by atoms with van der Waals surface area (Å²) in [4.78, 5) is 11.8. The third kappa shape index (κ3) is 2.51. The Morgan fingerprint density at radius 1 is 1.50 bits per heavy atom. The number of benzene rings is 1. The van der Waals surface area contributed by atoms with Crippen LogP contribution in [-0.2, 0) is 4.79 Å². The first-order valence-corrected chi connectivity index (χ1v) is 5.99. The van der Waals surface area contributed by atoms with Crippen LogP contribution < -0.4 is 11.1 Å². The quantitative estimate of drug-likeness (QED) is 0.856. The summed E-state index contributed by atoms with van der Waals surface area (Å²) >= 11 is 0. The Morgan fingerprint density at radius 3 is 2.67 bits per heavy atom. The summed E-state index contributed by atoms with van der Waals surface area (Å²) in [5, 5.41) is 2.72. The molecule has 3 nitrogen and oxygen atoms in total. The molecule has 0 spiro atoms. The van der Waals surface area contributed by atoms with Gasteiger partial charge in [0.15, 0.2) is 0 Å². The minimum absolute atomic E-state index is 0.0260. The van der Waals surface area contributed by atoms with Gasteiger partial charge in [-0.05, 0) is 25.5 Å². The molecule has 1 fully saturated rings. The van der Waals surface area contributed by atoms with Crippen molar-refractivity contribution in [1.82, 2.24) is 5.32 Å². The number of rotatable bonds is 4. The molecule has 2 unspecified atom stereocenters. The fourth-order valence-electron chi connectivity index (χ4n) is 2.08. The SMILES string of the molecule is C[C@@H](CN)NC(=O)C1CC1c1c(F)cccc1F. The van der Waals surface area contributed by atoms with Crippen LogP contribution >= 0.6 is 0 Å². The maximum Gasteiger partial charge on any atom is 0.224 e. The first-order chi connectivity index (χ1) is 8.54. The van der Waals surface area contributed by atoms with Crippen molar-refractivity contribution in [1.29, 1.82) is 0 Å². The molecule has 18 heavy (non-hydrogen) atoms. The normalized spacial score (nSPS) is 23.6. The van der Waals surface area contributed by atoms with E-state index in [1.807, 2.05) is 0 Å². The lowest BCUT2D eigenvalue weighted by Crippen LogP contribution is -2.38. The van der Waals surface area contributed by atoms with Crippen molar-refractivity contribution in [3.05, 3.63) is 35.4 Å². The topological polar surface area (TPSA) is 55.1 Å². The lowest BCUT2D eigenvalue weighted by Gasteiger charge is -2.11. The van der Waals surface area contributed by atoms with Gasteiger partial charge in [0.1, 0.15) is 11.6 Å². The zero-order valence-electron chi connectivity index (χ0n) is 10.1. The summed E-state index contributed by atoms with van der Waals surface area (Å²) in [6.07, 6.45) is 0.487. The lowest BCUT2D eigenvalue weighted by molar-refractivity contribution is -0.122. The van der Waals surface area contributed by atoms with Crippen LogP contribution in [0.2, 0.25) is 0 Å². The molecule has 0 aliphatic heterocycles. The van der Waals surface area contributed by atoms with E-state index in [0.29, 0.717) is 13.0 Å². The summed E-state index contributed by atoms with van der Waals surface area (Å²) in [5.74, 6) is -2.04. The molecule has 3 atom stereocenters. The highest BCUT2D eigenvalue weighted by Crippen LogP contribution is 2.49. The Bertz CT molecular complexity index is 444. The highest BCUT2D eigenvalue weighted by atomic mass is 19.1. The molecular formula is C13H16F2N2O. The van der Waals surface area contributed by atoms with Crippen molar-refractivity contribution in [3.8, 4) is 0 Å². The molecule has 0 saturated heterocycles. The molecular weight excluding hydrogens is 238 g/mol. The number of amides is 1. The molecule has 5 heteroatoms. The molecule has 1 saturated carbocycles. The van der Waals surface area contributed by atoms with Crippen LogP contribution in [-0.4, -0.2) is 18.5 Å². The standard InChI is InChI=1S/C13H16F2N2O/c1-7(6-16)17-13(18)9-5-8(9)12-10(14)3-2-4-11(12)15/h2-4,7-9H,5-6,16H2,1H3,(H,17,18)/t7-,8?,9?/m0/s1. The van der Waals surface area contributed by atoms with Gasteiger partial charge in [-0.15, -0.1) is 0 Å². The molecule has 0 aromatic heterocycles. The monoisotopic (exact) mass is 254 g/mol. The maximum atomic E-state index is 13.5. The summed E-state index contributed by atoms with van der Waals surface area (Å²) < 4.78 is 27.0. The number of nitrogens with two attached hydrogens (primary N) is 1. The smallest absolute Gasteiger partial charge is 0.224 e. The number of hydrogen-bond donors (Lipinski definition) is 2. The van der Waals surface area contributed by atoms with Crippen molar-refractivity contribution >= 4 is 5.91 Å². The number of carbonyl (C=O) groups is 1. The van der Waals surface area contributed by atoms with Crippen LogP contribution in [0, 0.1) is 17.6 Å². The molecule has 0 heterocycles. The van der Waals surface area contributed by atoms with Crippen molar-refractivity contribution in [2.75, 3.05) is 6.54 Å². The lowest BCUT2D eigenvalue weighted by atomic mass is 10.1. The molecule has 1 aromatic rings. The summed E-state index contributed by atoms with van der Waals surface area (Å²) in [7, 11) is 0. The largest absolute Gasteiger partial charge is 0.352 e. The molecule has 1 amide bonds. The van der Waals surface area contributed by atoms with Gasteiger partial charge in [0, 0.05) is 30.0 Å². The fourth-order valence-corrected chi connectivity index (χ4v) is 2.08. The van der Waals surface area contributed by atoms with Crippen LogP contribution in [0.4, 0.5) is 8.78 Å². The highest BCUT2D eigenvalue weighted by Gasteiger charge is 2.46. The maximum absolute atomic E-state index is 13.5. The van der Waals surface area contributed by atoms with Crippen molar-refractivity contribution in [3.63, 3.8) is 0 Å². The van der Waals surface area contributed by atoms with E-state index in [2.05, 4.69) is 5.32 Å². The molecule has 0 radical (unpaired) electrons. The molecule has 1 aliphatic rings. The predicted molar refractivity (Wildman–Crippen MR) is 63.9 cm³/mol. The third-order valence-corrected chi connectivity index (χ3v) is 3.24. The zero-order valence-corrected chi connectivity index (χ0v) is 10.1. The van der Waals surface area contributed by atoms with Gasteiger partial charge < -0.3 is 11.1 Å². The molecule has 1 aliphatic carbocycles. The predicted octanol–water partition coefficient (Wildman–Crippen LogP) is 1.53. The van der Waals surface area contributed by atoms with Gasteiger partial charge in [-0.3, -0.25) is 4.79 Å². The average molecular weight is 254 g/mol. The van der Waals surface area contributed by atoms with E-state index in [9.17, 15) is 13.6 Å². The highest BCUT2D eigenvalue weighted by molar-refractivity contribution is 5.83. The van der Waals surface area contributed by atoms with E-state index >= 15 is 0 Å². The summed E-state index contributed by atoms with van der Waals surface area (Å²) in [5.41, 5.74) is 5.43. The van der Waals surface area contributed by atoms with Crippen molar-refractivity contribution < 1.29 is 13.6 Å². The second-order valence-corrected chi connectivity index (χ2v) is 4.73. The Balaban J connectivity index is 2.05. The van der Waals surface area contributed by atoms with Crippen LogP contribution in [0.5, 0.6) is 0 Å². The Labute approximate surface area is 104 Å². The number of nitrogens with one attached hydrogen (secondary N) is 1. The summed E-state index contributed by atoms with van der Waals surface area (Å²) in [6.45, 7) is 2.14. The number of carbonyl (C=O) groups excluding carboxylic acids is 1. The first kappa shape index (κ1) is 13.0. The fraction of sp³-hybridized carbons (Fsp3) is 0.462. The van der Waals surface area contributed by atoms with Crippen LogP contribution in [0.1, 0.15) is 24.8 Å². The number of hydrogen-bond acceptors (Lipinski definition) is 2. The van der Waals surface area contributed by atoms with Gasteiger partial charge in [0.2, 0.25) is 5.91 Å². The minimum Gasteiger partial charge on any atom is -0.352 e. The van der Waals surface area contributed by atoms with Gasteiger partial charge in [0.25, 0.3) is 0 Å². The summed E-state index contributed by atoms with van der Waals surface area (Å²) in [6, 6.07) is 3.63. The van der Waals surface area contributed by atoms with Crippen LogP contribution in [0.15, 0.2) is 18.2 Å². The average Bonchev–Trinajstić information content (AvgIpc) is 3.08. The first-order valence-electron chi connectivity index (χ1n) is 5.99. The van der Waals surface area contributed by atoms with Gasteiger partial charge in [-0.2, -0.15) is 0 Å². The number of halogens is 2. The molecule has 3 N–H and O–H groups in total. The van der Waals surface area contributed by atoms with Gasteiger partial charge in [0.05, 0.1) is 0 Å². The van der Waals surface area contributed by atoms with Crippen molar-refractivity contribution in [2.24, 2.45) is 11.7 Å². The Kier molecular flexibility index (Phi) is 3.61. The van der Waals surface area contributed by atoms with Crippen LogP contribution in [0.25, 0.3) is 0 Å². The second-order valence-electron chi connectivity index (χ2n) is 4.73. The van der Waals surface area contributed by atoms with Gasteiger partial charge >= 0.3 is 0 Å². The van der Waals surface area contributed by atoms with E-state index < -0.39 is 11.6 Å². The zero-order chi connectivity index (χ0) is 13.3.